The monoisotopic (exact) mass is 363 g/mol. The topological polar surface area (TPSA) is 84.0 Å². The number of para-hydroxylation sites is 1. The Morgan fingerprint density at radius 2 is 1.69 bits per heavy atom. The molecule has 26 heavy (non-hydrogen) atoms. The molecular weight excluding hydrogens is 353 g/mol. The Balaban J connectivity index is 1.88. The summed E-state index contributed by atoms with van der Waals surface area (Å²) >= 11 is 0. The highest BCUT2D eigenvalue weighted by molar-refractivity contribution is 5.75. The first kappa shape index (κ1) is 15.9. The van der Waals surface area contributed by atoms with Crippen LogP contribution in [0.4, 0.5) is 13.2 Å². The number of nitrogens with one attached hydrogen (secondary N) is 2. The van der Waals surface area contributed by atoms with E-state index >= 15 is 0 Å². The van der Waals surface area contributed by atoms with E-state index in [9.17, 15) is 22.8 Å². The molecule has 0 aliphatic rings. The van der Waals surface area contributed by atoms with E-state index in [0.29, 0.717) is 10.9 Å². The number of hydrogen-bond donors (Lipinski definition) is 2. The van der Waals surface area contributed by atoms with Crippen LogP contribution in [0.3, 0.4) is 0 Å². The van der Waals surface area contributed by atoms with Gasteiger partial charge in [0.25, 0.3) is 0 Å². The van der Waals surface area contributed by atoms with Gasteiger partial charge in [0.2, 0.25) is 0 Å². The lowest BCUT2D eigenvalue weighted by molar-refractivity contribution is -0.558. The molecule has 4 aromatic rings. The molecule has 10 heteroatoms. The van der Waals surface area contributed by atoms with Gasteiger partial charge < -0.3 is 4.74 Å². The van der Waals surface area contributed by atoms with E-state index in [2.05, 4.69) is 14.9 Å². The first-order valence-corrected chi connectivity index (χ1v) is 7.37. The Hall–Kier alpha value is -3.56. The third kappa shape index (κ3) is 2.61. The molecule has 0 unspecified atom stereocenters. The summed E-state index contributed by atoms with van der Waals surface area (Å²) < 4.78 is 43.0. The predicted molar refractivity (Wildman–Crippen MR) is 84.4 cm³/mol. The largest absolute Gasteiger partial charge is 0.573 e. The number of nitrogens with zero attached hydrogens (tertiary/aromatic N) is 2. The summed E-state index contributed by atoms with van der Waals surface area (Å²) in [6.45, 7) is 0. The molecule has 4 rings (SSSR count). The number of aromatic amines is 2. The summed E-state index contributed by atoms with van der Waals surface area (Å²) in [7, 11) is 0. The molecule has 0 aliphatic heterocycles. The Bertz CT molecular complexity index is 1240. The number of alkyl halides is 3. The van der Waals surface area contributed by atoms with Gasteiger partial charge in [0, 0.05) is 0 Å². The zero-order valence-corrected chi connectivity index (χ0v) is 12.9. The molecule has 0 radical (unpaired) electrons. The molecule has 7 nitrogen and oxygen atoms in total. The van der Waals surface area contributed by atoms with E-state index in [4.69, 9.17) is 0 Å². The number of benzene rings is 2. The second-order valence-corrected chi connectivity index (χ2v) is 5.44. The predicted octanol–water partition coefficient (Wildman–Crippen LogP) is 1.64. The van der Waals surface area contributed by atoms with Crippen molar-refractivity contribution in [1.82, 2.24) is 14.9 Å². The first-order chi connectivity index (χ1) is 12.3. The molecule has 2 aromatic carbocycles. The second-order valence-electron chi connectivity index (χ2n) is 5.44. The van der Waals surface area contributed by atoms with Crippen LogP contribution in [0.25, 0.3) is 22.2 Å². The maximum absolute atomic E-state index is 12.6. The molecule has 2 aromatic heterocycles. The Labute approximate surface area is 141 Å². The van der Waals surface area contributed by atoms with Gasteiger partial charge in [-0.3, -0.25) is 4.79 Å². The molecule has 0 fully saturated rings. The van der Waals surface area contributed by atoms with Gasteiger partial charge >= 0.3 is 23.1 Å². The van der Waals surface area contributed by atoms with Crippen LogP contribution in [0.5, 0.6) is 5.75 Å². The highest BCUT2D eigenvalue weighted by Crippen LogP contribution is 2.23. The van der Waals surface area contributed by atoms with E-state index in [-0.39, 0.29) is 11.3 Å². The highest BCUT2D eigenvalue weighted by Gasteiger charge is 2.31. The molecule has 0 bridgehead atoms. The molecule has 2 N–H and O–H groups in total. The number of ether oxygens (including phenoxy) is 1. The van der Waals surface area contributed by atoms with Crippen LogP contribution in [-0.4, -0.2) is 21.2 Å². The smallest absolute Gasteiger partial charge is 0.406 e. The van der Waals surface area contributed by atoms with E-state index in [1.807, 2.05) is 0 Å². The van der Waals surface area contributed by atoms with Crippen LogP contribution in [0.2, 0.25) is 0 Å². The normalized spacial score (nSPS) is 12.0. The van der Waals surface area contributed by atoms with Crippen LogP contribution >= 0.6 is 0 Å². The van der Waals surface area contributed by atoms with Crippen molar-refractivity contribution in [3.8, 4) is 11.4 Å². The number of H-pyrrole nitrogens is 2. The number of hydrogen-bond acceptors (Lipinski definition) is 3. The zero-order valence-electron chi connectivity index (χ0n) is 12.9. The average Bonchev–Trinajstić information content (AvgIpc) is 2.92. The van der Waals surface area contributed by atoms with E-state index in [1.54, 1.807) is 24.3 Å². The van der Waals surface area contributed by atoms with Crippen molar-refractivity contribution >= 4 is 16.6 Å². The average molecular weight is 363 g/mol. The van der Waals surface area contributed by atoms with Gasteiger partial charge in [-0.05, 0) is 36.4 Å². The standard InChI is InChI=1S/C16H9F3N4O3/c17-16(18,19)26-10-7-5-9(6-8-10)22-15(25)13-20-14(24)11-3-1-2-4-12(11)23(13)21-22/h1-8,21H/p+1. The lowest BCUT2D eigenvalue weighted by Crippen LogP contribution is -2.31. The number of rotatable bonds is 2. The fourth-order valence-corrected chi connectivity index (χ4v) is 2.69. The van der Waals surface area contributed by atoms with Gasteiger partial charge in [-0.15, -0.1) is 27.6 Å². The molecular formula is C16H10F3N4O3+. The van der Waals surface area contributed by atoms with Crippen molar-refractivity contribution in [1.29, 1.82) is 0 Å². The number of aromatic nitrogens is 4. The summed E-state index contributed by atoms with van der Waals surface area (Å²) in [6.07, 6.45) is -4.80. The number of fused-ring (bicyclic) bond motifs is 3. The Kier molecular flexibility index (Phi) is 3.36. The first-order valence-electron chi connectivity index (χ1n) is 7.37. The number of halogens is 3. The van der Waals surface area contributed by atoms with Gasteiger partial charge in [0.15, 0.2) is 0 Å². The minimum Gasteiger partial charge on any atom is -0.406 e. The van der Waals surface area contributed by atoms with Crippen molar-refractivity contribution in [2.45, 2.75) is 6.36 Å². The molecule has 0 atom stereocenters. The minimum absolute atomic E-state index is 0.00400. The van der Waals surface area contributed by atoms with Gasteiger partial charge in [0.05, 0.1) is 5.39 Å². The molecule has 2 heterocycles. The van der Waals surface area contributed by atoms with Crippen LogP contribution in [0.15, 0.2) is 58.1 Å². The maximum atomic E-state index is 12.6. The Morgan fingerprint density at radius 3 is 2.38 bits per heavy atom. The van der Waals surface area contributed by atoms with Gasteiger partial charge in [-0.2, -0.15) is 0 Å². The van der Waals surface area contributed by atoms with Crippen molar-refractivity contribution < 1.29 is 22.4 Å². The summed E-state index contributed by atoms with van der Waals surface area (Å²) in [5.74, 6) is -0.406. The molecule has 0 spiro atoms. The van der Waals surface area contributed by atoms with Crippen LogP contribution in [-0.2, 0) is 0 Å². The molecule has 132 valence electrons. The van der Waals surface area contributed by atoms with Crippen molar-refractivity contribution in [2.75, 3.05) is 0 Å². The highest BCUT2D eigenvalue weighted by atomic mass is 19.4. The van der Waals surface area contributed by atoms with Crippen LogP contribution in [0, 0.1) is 0 Å². The van der Waals surface area contributed by atoms with Crippen LogP contribution in [0.1, 0.15) is 0 Å². The zero-order chi connectivity index (χ0) is 18.5. The summed E-state index contributed by atoms with van der Waals surface area (Å²) in [4.78, 5) is 27.2. The SMILES string of the molecule is O=c1[nH]c2c(=O)n(-c3ccc(OC(F)(F)F)cc3)[nH][n+]2c2ccccc12. The molecule has 0 saturated heterocycles. The second kappa shape index (κ2) is 5.48. The minimum atomic E-state index is -4.80. The third-order valence-corrected chi connectivity index (χ3v) is 3.78. The molecule has 0 amide bonds. The van der Waals surface area contributed by atoms with E-state index < -0.39 is 23.2 Å². The van der Waals surface area contributed by atoms with E-state index in [1.165, 1.54) is 16.6 Å². The van der Waals surface area contributed by atoms with Crippen LogP contribution < -0.4 is 20.4 Å². The summed E-state index contributed by atoms with van der Waals surface area (Å²) in [5, 5.41) is 3.19. The van der Waals surface area contributed by atoms with Crippen molar-refractivity contribution in [3.63, 3.8) is 0 Å². The van der Waals surface area contributed by atoms with Gasteiger partial charge in [0.1, 0.15) is 17.0 Å². The van der Waals surface area contributed by atoms with Crippen molar-refractivity contribution in [3.05, 3.63) is 69.2 Å². The van der Waals surface area contributed by atoms with Gasteiger partial charge in [-0.25, -0.2) is 9.78 Å². The van der Waals surface area contributed by atoms with E-state index in [0.717, 1.165) is 16.8 Å². The quantitative estimate of drug-likeness (QED) is 0.531. The molecule has 0 saturated carbocycles. The third-order valence-electron chi connectivity index (χ3n) is 3.78. The summed E-state index contributed by atoms with van der Waals surface area (Å²) in [6, 6.07) is 11.4. The lowest BCUT2D eigenvalue weighted by atomic mass is 10.2. The fraction of sp³-hybridized carbons (Fsp3) is 0.0625. The van der Waals surface area contributed by atoms with Crippen molar-refractivity contribution in [2.24, 2.45) is 0 Å². The van der Waals surface area contributed by atoms with Gasteiger partial charge in [-0.1, -0.05) is 12.1 Å². The Morgan fingerprint density at radius 1 is 1.00 bits per heavy atom. The summed E-state index contributed by atoms with van der Waals surface area (Å²) in [5.41, 5.74) is -0.211. The molecule has 0 aliphatic carbocycles. The maximum Gasteiger partial charge on any atom is 0.573 e. The fourth-order valence-electron chi connectivity index (χ4n) is 2.69. The lowest BCUT2D eigenvalue weighted by Gasteiger charge is -2.08.